The molecule has 0 aliphatic heterocycles. The highest BCUT2D eigenvalue weighted by Gasteiger charge is 2.42. The molecule has 22 heavy (non-hydrogen) atoms. The first-order chi connectivity index (χ1) is 10.4. The van der Waals surface area contributed by atoms with Crippen molar-refractivity contribution in [1.82, 2.24) is 4.72 Å². The van der Waals surface area contributed by atoms with Crippen molar-refractivity contribution in [3.63, 3.8) is 0 Å². The maximum absolute atomic E-state index is 12.6. The standard InChI is InChI=1S/C16H22BrNO3S/c1-10(14-8-11-3-4-12(14)7-11)18-22(19,20)13-5-6-16(21-2)15(17)9-13/h5-6,9-12,14,18H,3-4,7-8H2,1-2H3. The fourth-order valence-corrected chi connectivity index (χ4v) is 6.13. The third-order valence-corrected chi connectivity index (χ3v) is 7.39. The van der Waals surface area contributed by atoms with Crippen LogP contribution in [0.25, 0.3) is 0 Å². The maximum Gasteiger partial charge on any atom is 0.240 e. The number of rotatable bonds is 5. The molecule has 4 nitrogen and oxygen atoms in total. The van der Waals surface area contributed by atoms with Gasteiger partial charge in [0.2, 0.25) is 10.0 Å². The van der Waals surface area contributed by atoms with E-state index in [1.807, 2.05) is 6.92 Å². The van der Waals surface area contributed by atoms with E-state index in [0.29, 0.717) is 22.1 Å². The summed E-state index contributed by atoms with van der Waals surface area (Å²) in [6, 6.07) is 4.83. The Morgan fingerprint density at radius 1 is 1.32 bits per heavy atom. The lowest BCUT2D eigenvalue weighted by atomic mass is 9.84. The predicted molar refractivity (Wildman–Crippen MR) is 89.4 cm³/mol. The molecule has 0 spiro atoms. The molecule has 2 aliphatic rings. The van der Waals surface area contributed by atoms with E-state index in [1.54, 1.807) is 25.3 Å². The highest BCUT2D eigenvalue weighted by Crippen LogP contribution is 2.49. The van der Waals surface area contributed by atoms with Gasteiger partial charge >= 0.3 is 0 Å². The molecule has 2 saturated carbocycles. The summed E-state index contributed by atoms with van der Waals surface area (Å²) < 4.78 is 33.8. The first-order valence-electron chi connectivity index (χ1n) is 7.76. The first-order valence-corrected chi connectivity index (χ1v) is 10.0. The second-order valence-electron chi connectivity index (χ2n) is 6.55. The van der Waals surface area contributed by atoms with Crippen LogP contribution >= 0.6 is 15.9 Å². The predicted octanol–water partition coefficient (Wildman–Crippen LogP) is 3.56. The second kappa shape index (κ2) is 6.13. The molecule has 4 unspecified atom stereocenters. The van der Waals surface area contributed by atoms with Gasteiger partial charge < -0.3 is 4.74 Å². The molecular formula is C16H22BrNO3S. The van der Waals surface area contributed by atoms with Crippen molar-refractivity contribution in [2.75, 3.05) is 7.11 Å². The van der Waals surface area contributed by atoms with E-state index >= 15 is 0 Å². The lowest BCUT2D eigenvalue weighted by Crippen LogP contribution is -2.40. The highest BCUT2D eigenvalue weighted by atomic mass is 79.9. The van der Waals surface area contributed by atoms with Gasteiger partial charge in [-0.05, 0) is 78.1 Å². The van der Waals surface area contributed by atoms with Crippen molar-refractivity contribution in [1.29, 1.82) is 0 Å². The zero-order valence-corrected chi connectivity index (χ0v) is 15.3. The lowest BCUT2D eigenvalue weighted by Gasteiger charge is -2.28. The highest BCUT2D eigenvalue weighted by molar-refractivity contribution is 9.10. The van der Waals surface area contributed by atoms with Crippen molar-refractivity contribution >= 4 is 26.0 Å². The van der Waals surface area contributed by atoms with E-state index in [2.05, 4.69) is 20.7 Å². The average Bonchev–Trinajstić information content (AvgIpc) is 3.09. The fourth-order valence-electron chi connectivity index (χ4n) is 4.12. The third-order valence-electron chi connectivity index (χ3n) is 5.21. The summed E-state index contributed by atoms with van der Waals surface area (Å²) in [6.07, 6.45) is 5.03. The molecule has 0 saturated heterocycles. The number of nitrogens with one attached hydrogen (secondary N) is 1. The molecule has 122 valence electrons. The molecule has 6 heteroatoms. The largest absolute Gasteiger partial charge is 0.496 e. The normalized spacial score (nSPS) is 28.8. The second-order valence-corrected chi connectivity index (χ2v) is 9.11. The number of halogens is 1. The summed E-state index contributed by atoms with van der Waals surface area (Å²) in [5, 5.41) is 0. The van der Waals surface area contributed by atoms with Crippen LogP contribution < -0.4 is 9.46 Å². The zero-order chi connectivity index (χ0) is 15.9. The summed E-state index contributed by atoms with van der Waals surface area (Å²) in [6.45, 7) is 2.00. The Hall–Kier alpha value is -0.590. The van der Waals surface area contributed by atoms with E-state index in [4.69, 9.17) is 4.74 Å². The SMILES string of the molecule is COc1ccc(S(=O)(=O)NC(C)C2CC3CCC2C3)cc1Br. The van der Waals surface area contributed by atoms with Crippen LogP contribution in [-0.4, -0.2) is 21.6 Å². The van der Waals surface area contributed by atoms with Gasteiger partial charge in [-0.1, -0.05) is 6.42 Å². The number of benzene rings is 1. The van der Waals surface area contributed by atoms with E-state index in [1.165, 1.54) is 25.7 Å². The van der Waals surface area contributed by atoms with Crippen molar-refractivity contribution in [2.24, 2.45) is 17.8 Å². The van der Waals surface area contributed by atoms with Crippen LogP contribution in [0.3, 0.4) is 0 Å². The average molecular weight is 388 g/mol. The van der Waals surface area contributed by atoms with E-state index in [0.717, 1.165) is 5.92 Å². The summed E-state index contributed by atoms with van der Waals surface area (Å²) in [4.78, 5) is 0.273. The summed E-state index contributed by atoms with van der Waals surface area (Å²) in [5.74, 6) is 2.62. The minimum atomic E-state index is -3.50. The van der Waals surface area contributed by atoms with Gasteiger partial charge in [-0.2, -0.15) is 0 Å². The zero-order valence-electron chi connectivity index (χ0n) is 12.9. The van der Waals surface area contributed by atoms with Crippen LogP contribution in [0.15, 0.2) is 27.6 Å². The molecule has 1 N–H and O–H groups in total. The van der Waals surface area contributed by atoms with Crippen molar-refractivity contribution in [2.45, 2.75) is 43.5 Å². The van der Waals surface area contributed by atoms with E-state index in [9.17, 15) is 8.42 Å². The van der Waals surface area contributed by atoms with Gasteiger partial charge in [-0.15, -0.1) is 0 Å². The van der Waals surface area contributed by atoms with Crippen LogP contribution in [0, 0.1) is 17.8 Å². The van der Waals surface area contributed by atoms with Gasteiger partial charge in [0, 0.05) is 6.04 Å². The molecule has 3 rings (SSSR count). The lowest BCUT2D eigenvalue weighted by molar-refractivity contribution is 0.280. The fraction of sp³-hybridized carbons (Fsp3) is 0.625. The first kappa shape index (κ1) is 16.3. The van der Waals surface area contributed by atoms with Crippen LogP contribution in [0.2, 0.25) is 0 Å². The molecule has 0 amide bonds. The number of sulfonamides is 1. The van der Waals surface area contributed by atoms with Crippen LogP contribution in [0.4, 0.5) is 0 Å². The molecule has 4 atom stereocenters. The Kier molecular flexibility index (Phi) is 4.54. The monoisotopic (exact) mass is 387 g/mol. The van der Waals surface area contributed by atoms with Gasteiger partial charge in [-0.3, -0.25) is 0 Å². The molecule has 0 aromatic heterocycles. The Morgan fingerprint density at radius 3 is 2.64 bits per heavy atom. The van der Waals surface area contributed by atoms with Gasteiger partial charge in [0.1, 0.15) is 5.75 Å². The minimum absolute atomic E-state index is 0.0128. The molecule has 1 aromatic carbocycles. The molecule has 0 heterocycles. The number of fused-ring (bicyclic) bond motifs is 2. The van der Waals surface area contributed by atoms with Crippen molar-refractivity contribution < 1.29 is 13.2 Å². The molecule has 2 fully saturated rings. The summed E-state index contributed by atoms with van der Waals surface area (Å²) in [7, 11) is -1.94. The molecule has 2 aliphatic carbocycles. The Bertz CT molecular complexity index is 661. The van der Waals surface area contributed by atoms with E-state index < -0.39 is 10.0 Å². The molecule has 0 radical (unpaired) electrons. The Morgan fingerprint density at radius 2 is 2.09 bits per heavy atom. The molecule has 1 aromatic rings. The smallest absolute Gasteiger partial charge is 0.240 e. The van der Waals surface area contributed by atoms with Crippen molar-refractivity contribution in [3.05, 3.63) is 22.7 Å². The summed E-state index contributed by atoms with van der Waals surface area (Å²) >= 11 is 3.34. The van der Waals surface area contributed by atoms with Gasteiger partial charge in [0.05, 0.1) is 16.5 Å². The Balaban J connectivity index is 1.74. The maximum atomic E-state index is 12.6. The summed E-state index contributed by atoms with van der Waals surface area (Å²) in [5.41, 5.74) is 0. The van der Waals surface area contributed by atoms with Crippen LogP contribution in [0.5, 0.6) is 5.75 Å². The van der Waals surface area contributed by atoms with Gasteiger partial charge in [0.25, 0.3) is 0 Å². The van der Waals surface area contributed by atoms with Crippen LogP contribution in [-0.2, 0) is 10.0 Å². The third kappa shape index (κ3) is 3.05. The quantitative estimate of drug-likeness (QED) is 0.839. The Labute approximate surface area is 140 Å². The number of hydrogen-bond donors (Lipinski definition) is 1. The molecule has 2 bridgehead atoms. The van der Waals surface area contributed by atoms with E-state index in [-0.39, 0.29) is 10.9 Å². The number of hydrogen-bond acceptors (Lipinski definition) is 3. The van der Waals surface area contributed by atoms with Crippen LogP contribution in [0.1, 0.15) is 32.6 Å². The number of methoxy groups -OCH3 is 1. The van der Waals surface area contributed by atoms with Gasteiger partial charge in [0.15, 0.2) is 0 Å². The number of ether oxygens (including phenoxy) is 1. The van der Waals surface area contributed by atoms with Gasteiger partial charge in [-0.25, -0.2) is 13.1 Å². The topological polar surface area (TPSA) is 55.4 Å². The molecular weight excluding hydrogens is 366 g/mol. The van der Waals surface area contributed by atoms with Crippen molar-refractivity contribution in [3.8, 4) is 5.75 Å². The minimum Gasteiger partial charge on any atom is -0.496 e.